The van der Waals surface area contributed by atoms with Crippen molar-refractivity contribution in [2.75, 3.05) is 32.2 Å². The van der Waals surface area contributed by atoms with Gasteiger partial charge < -0.3 is 15.5 Å². The van der Waals surface area contributed by atoms with Gasteiger partial charge in [-0.2, -0.15) is 5.10 Å². The Morgan fingerprint density at radius 2 is 1.58 bits per heavy atom. The largest absolute Gasteiger partial charge is 0.471 e. The molecule has 2 amide bonds. The van der Waals surface area contributed by atoms with E-state index in [0.29, 0.717) is 36.5 Å². The second-order valence-electron chi connectivity index (χ2n) is 8.54. The maximum atomic E-state index is 12.3. The summed E-state index contributed by atoms with van der Waals surface area (Å²) in [6.45, 7) is 3.46. The summed E-state index contributed by atoms with van der Waals surface area (Å²) in [6.07, 6.45) is 9.38. The van der Waals surface area contributed by atoms with Crippen molar-refractivity contribution in [1.82, 2.24) is 15.6 Å². The fourth-order valence-corrected chi connectivity index (χ4v) is 3.75. The molecule has 0 aliphatic carbocycles. The minimum atomic E-state index is -3.90. The van der Waals surface area contributed by atoms with Gasteiger partial charge in [0.05, 0.1) is 18.4 Å². The molecule has 11 nitrogen and oxygen atoms in total. The number of hydrogen-bond donors (Lipinski definition) is 4. The highest BCUT2D eigenvalue weighted by molar-refractivity contribution is 7.47. The van der Waals surface area contributed by atoms with Crippen molar-refractivity contribution in [3.05, 3.63) is 59.3 Å². The Kier molecular flexibility index (Phi) is 14.3. The molecule has 0 saturated heterocycles. The molecule has 2 aromatic rings. The van der Waals surface area contributed by atoms with Crippen LogP contribution in [0.2, 0.25) is 0 Å². The lowest BCUT2D eigenvalue weighted by Gasteiger charge is -2.09. The number of pyridine rings is 1. The summed E-state index contributed by atoms with van der Waals surface area (Å²) in [7, 11) is -2.77. The summed E-state index contributed by atoms with van der Waals surface area (Å²) in [5.41, 5.74) is 4.68. The number of phosphoric acid groups is 1. The molecule has 1 atom stereocenters. The lowest BCUT2D eigenvalue weighted by Crippen LogP contribution is -2.24. The van der Waals surface area contributed by atoms with Gasteiger partial charge in [-0.25, -0.2) is 9.55 Å². The Morgan fingerprint density at radius 1 is 0.947 bits per heavy atom. The van der Waals surface area contributed by atoms with Crippen molar-refractivity contribution >= 4 is 31.7 Å². The molecule has 0 aliphatic rings. The van der Waals surface area contributed by atoms with Crippen molar-refractivity contribution in [1.29, 1.82) is 0 Å². The highest BCUT2D eigenvalue weighted by Crippen LogP contribution is 2.41. The third kappa shape index (κ3) is 12.4. The number of carbonyl (C=O) groups is 2. The molecule has 1 unspecified atom stereocenters. The normalized spacial score (nSPS) is 12.7. The van der Waals surface area contributed by atoms with Crippen LogP contribution in [0.3, 0.4) is 0 Å². The van der Waals surface area contributed by atoms with E-state index >= 15 is 0 Å². The van der Waals surface area contributed by atoms with Crippen LogP contribution in [0.1, 0.15) is 78.1 Å². The van der Waals surface area contributed by atoms with E-state index in [9.17, 15) is 14.2 Å². The van der Waals surface area contributed by atoms with Gasteiger partial charge >= 0.3 is 7.82 Å². The number of nitrogens with zero attached hydrogens (tertiary/aromatic N) is 2. The number of rotatable bonds is 18. The summed E-state index contributed by atoms with van der Waals surface area (Å²) in [5.74, 6) is 0.212. The number of hydrazone groups is 1. The number of benzene rings is 1. The zero-order chi connectivity index (χ0) is 27.6. The standard InChI is InChI=1S/C26H38N5O6P/c1-3-4-7-16-28-26(33)23-14-15-24(29-20-23)31-30-19-21-10-12-22(13-11-21)25(32)27-17-8-5-6-9-18-37-38(34,35)36-2/h10-15,19-20H,3-9,16-18H2,1-2H3,(H,27,32)(H,28,33)(H,29,31)(H,34,35)/b30-19+. The first kappa shape index (κ1) is 31.1. The predicted octanol–water partition coefficient (Wildman–Crippen LogP) is 4.50. The fourth-order valence-electron chi connectivity index (χ4n) is 3.28. The zero-order valence-corrected chi connectivity index (χ0v) is 22.9. The summed E-state index contributed by atoms with van der Waals surface area (Å²) in [5, 5.41) is 9.92. The van der Waals surface area contributed by atoms with Crippen LogP contribution >= 0.6 is 7.82 Å². The van der Waals surface area contributed by atoms with E-state index in [2.05, 4.69) is 37.6 Å². The van der Waals surface area contributed by atoms with Crippen molar-refractivity contribution in [2.24, 2.45) is 5.10 Å². The molecule has 0 bridgehead atoms. The SMILES string of the molecule is CCCCCNC(=O)c1ccc(N/N=C/c2ccc(C(=O)NCCCCCCOP(=O)(O)OC)cc2)nc1. The first-order chi connectivity index (χ1) is 18.3. The molecule has 0 fully saturated rings. The van der Waals surface area contributed by atoms with E-state index in [1.165, 1.54) is 6.20 Å². The van der Waals surface area contributed by atoms with E-state index in [4.69, 9.17) is 9.42 Å². The molecule has 0 saturated carbocycles. The molecule has 0 radical (unpaired) electrons. The van der Waals surface area contributed by atoms with Crippen molar-refractivity contribution in [2.45, 2.75) is 51.9 Å². The van der Waals surface area contributed by atoms with E-state index in [-0.39, 0.29) is 18.4 Å². The molecular weight excluding hydrogens is 509 g/mol. The minimum Gasteiger partial charge on any atom is -0.352 e. The number of unbranched alkanes of at least 4 members (excludes halogenated alkanes) is 5. The summed E-state index contributed by atoms with van der Waals surface area (Å²) in [6, 6.07) is 10.4. The number of phosphoric ester groups is 1. The van der Waals surface area contributed by atoms with Gasteiger partial charge in [-0.15, -0.1) is 0 Å². The van der Waals surface area contributed by atoms with Gasteiger partial charge in [0.2, 0.25) is 0 Å². The van der Waals surface area contributed by atoms with Crippen LogP contribution in [0.4, 0.5) is 5.82 Å². The molecule has 2 rings (SSSR count). The number of amides is 2. The van der Waals surface area contributed by atoms with Crippen molar-refractivity contribution in [3.8, 4) is 0 Å². The third-order valence-corrected chi connectivity index (χ3v) is 6.47. The third-order valence-electron chi connectivity index (χ3n) is 5.50. The molecule has 0 aliphatic heterocycles. The molecule has 1 aromatic heterocycles. The molecule has 1 aromatic carbocycles. The molecule has 208 valence electrons. The van der Waals surface area contributed by atoms with Gasteiger partial charge in [0, 0.05) is 32.0 Å². The molecule has 12 heteroatoms. The molecular formula is C26H38N5O6P. The lowest BCUT2D eigenvalue weighted by atomic mass is 10.1. The van der Waals surface area contributed by atoms with Crippen molar-refractivity contribution < 1.29 is 28.1 Å². The minimum absolute atomic E-state index is 0.140. The van der Waals surface area contributed by atoms with Crippen LogP contribution in [-0.4, -0.2) is 54.7 Å². The second kappa shape index (κ2) is 17.4. The lowest BCUT2D eigenvalue weighted by molar-refractivity contribution is 0.0944. The summed E-state index contributed by atoms with van der Waals surface area (Å²) < 4.78 is 20.3. The quantitative estimate of drug-likeness (QED) is 0.0922. The van der Waals surface area contributed by atoms with Crippen molar-refractivity contribution in [3.63, 3.8) is 0 Å². The highest BCUT2D eigenvalue weighted by Gasteiger charge is 2.17. The molecule has 0 spiro atoms. The zero-order valence-electron chi connectivity index (χ0n) is 22.0. The van der Waals surface area contributed by atoms with Gasteiger partial charge in [0.1, 0.15) is 5.82 Å². The number of aromatic nitrogens is 1. The van der Waals surface area contributed by atoms with Crippen LogP contribution in [-0.2, 0) is 13.6 Å². The van der Waals surface area contributed by atoms with Crippen LogP contribution in [0.5, 0.6) is 0 Å². The van der Waals surface area contributed by atoms with Gasteiger partial charge in [0.25, 0.3) is 11.8 Å². The first-order valence-corrected chi connectivity index (χ1v) is 14.3. The van der Waals surface area contributed by atoms with Crippen LogP contribution in [0.25, 0.3) is 0 Å². The Bertz CT molecular complexity index is 1060. The Labute approximate surface area is 224 Å². The number of hydrogen-bond acceptors (Lipinski definition) is 8. The van der Waals surface area contributed by atoms with Gasteiger partial charge in [0.15, 0.2) is 0 Å². The maximum Gasteiger partial charge on any atom is 0.471 e. The first-order valence-electron chi connectivity index (χ1n) is 12.8. The van der Waals surface area contributed by atoms with Gasteiger partial charge in [-0.05, 0) is 49.1 Å². The monoisotopic (exact) mass is 547 g/mol. The summed E-state index contributed by atoms with van der Waals surface area (Å²) in [4.78, 5) is 37.8. The average Bonchev–Trinajstić information content (AvgIpc) is 2.93. The number of anilines is 1. The van der Waals surface area contributed by atoms with E-state index < -0.39 is 7.82 Å². The van der Waals surface area contributed by atoms with Gasteiger partial charge in [-0.1, -0.05) is 44.7 Å². The topological polar surface area (TPSA) is 151 Å². The average molecular weight is 548 g/mol. The molecule has 38 heavy (non-hydrogen) atoms. The Balaban J connectivity index is 1.65. The van der Waals surface area contributed by atoms with E-state index in [0.717, 1.165) is 51.2 Å². The van der Waals surface area contributed by atoms with Crippen LogP contribution in [0.15, 0.2) is 47.7 Å². The van der Waals surface area contributed by atoms with Crippen LogP contribution in [0, 0.1) is 0 Å². The van der Waals surface area contributed by atoms with E-state index in [1.807, 2.05) is 0 Å². The summed E-state index contributed by atoms with van der Waals surface area (Å²) >= 11 is 0. The maximum absolute atomic E-state index is 12.3. The number of nitrogens with one attached hydrogen (secondary N) is 3. The fraction of sp³-hybridized carbons (Fsp3) is 0.462. The Hall–Kier alpha value is -3.11. The van der Waals surface area contributed by atoms with Crippen LogP contribution < -0.4 is 16.1 Å². The number of carbonyl (C=O) groups excluding carboxylic acids is 2. The molecule has 1 heterocycles. The second-order valence-corrected chi connectivity index (χ2v) is 10.1. The van der Waals surface area contributed by atoms with Gasteiger partial charge in [-0.3, -0.25) is 24.1 Å². The highest BCUT2D eigenvalue weighted by atomic mass is 31.2. The molecule has 4 N–H and O–H groups in total. The Morgan fingerprint density at radius 3 is 2.21 bits per heavy atom. The smallest absolute Gasteiger partial charge is 0.352 e. The predicted molar refractivity (Wildman–Crippen MR) is 147 cm³/mol. The van der Waals surface area contributed by atoms with E-state index in [1.54, 1.807) is 42.6 Å².